The van der Waals surface area contributed by atoms with Gasteiger partial charge in [-0.3, -0.25) is 0 Å². The zero-order valence-electron chi connectivity index (χ0n) is 15.0. The first-order valence-corrected chi connectivity index (χ1v) is 9.87. The van der Waals surface area contributed by atoms with Crippen LogP contribution >= 0.6 is 0 Å². The summed E-state index contributed by atoms with van der Waals surface area (Å²) >= 11 is 0. The Morgan fingerprint density at radius 3 is 2.42 bits per heavy atom. The molecule has 0 amide bonds. The Hall–Kier alpha value is -0.200. The molecular formula is C19H35NO4. The van der Waals surface area contributed by atoms with E-state index in [2.05, 4.69) is 11.9 Å². The monoisotopic (exact) mass is 341 g/mol. The molecule has 1 heterocycles. The smallest absolute Gasteiger partial charge is 0.0987 e. The summed E-state index contributed by atoms with van der Waals surface area (Å²) in [4.78, 5) is 2.48. The highest BCUT2D eigenvalue weighted by Crippen LogP contribution is 2.53. The number of aliphatic hydroxyl groups excluding tert-OH is 2. The molecule has 0 spiro atoms. The van der Waals surface area contributed by atoms with Crippen molar-refractivity contribution in [2.24, 2.45) is 5.92 Å². The summed E-state index contributed by atoms with van der Waals surface area (Å²) < 4.78 is 0. The van der Waals surface area contributed by atoms with Crippen molar-refractivity contribution in [1.82, 2.24) is 4.90 Å². The van der Waals surface area contributed by atoms with E-state index >= 15 is 0 Å². The fourth-order valence-corrected chi connectivity index (χ4v) is 5.48. The van der Waals surface area contributed by atoms with Gasteiger partial charge >= 0.3 is 0 Å². The minimum Gasteiger partial charge on any atom is -0.390 e. The van der Waals surface area contributed by atoms with Crippen LogP contribution in [0.5, 0.6) is 0 Å². The van der Waals surface area contributed by atoms with Gasteiger partial charge in [-0.15, -0.1) is 0 Å². The van der Waals surface area contributed by atoms with Crippen molar-refractivity contribution >= 4 is 0 Å². The second-order valence-electron chi connectivity index (χ2n) is 8.65. The molecule has 0 aromatic carbocycles. The molecule has 2 saturated carbocycles. The number of unbranched alkanes of at least 4 members (excludes halogenated alkanes) is 1. The Labute approximate surface area is 145 Å². The molecule has 6 atom stereocenters. The number of rotatable bonds is 5. The van der Waals surface area contributed by atoms with Gasteiger partial charge in [-0.1, -0.05) is 19.3 Å². The van der Waals surface area contributed by atoms with Crippen molar-refractivity contribution in [2.45, 2.75) is 100 Å². The van der Waals surface area contributed by atoms with Gasteiger partial charge in [0.1, 0.15) is 0 Å². The van der Waals surface area contributed by atoms with Crippen LogP contribution < -0.4 is 0 Å². The lowest BCUT2D eigenvalue weighted by Gasteiger charge is -2.48. The number of likely N-dealkylation sites (tertiary alicyclic amines) is 1. The van der Waals surface area contributed by atoms with Crippen LogP contribution in [0.3, 0.4) is 0 Å². The van der Waals surface area contributed by atoms with Gasteiger partial charge in [-0.25, -0.2) is 0 Å². The van der Waals surface area contributed by atoms with Gasteiger partial charge in [0.25, 0.3) is 0 Å². The largest absolute Gasteiger partial charge is 0.390 e. The molecule has 2 aliphatic carbocycles. The SMILES string of the molecule is CN1CCCCC1CCCCC1CCC2(O)CC(O)C(O)CC12O. The minimum atomic E-state index is -1.23. The highest BCUT2D eigenvalue weighted by molar-refractivity contribution is 5.14. The van der Waals surface area contributed by atoms with E-state index in [1.807, 2.05) is 0 Å². The third-order valence-corrected chi connectivity index (χ3v) is 7.16. The van der Waals surface area contributed by atoms with Crippen LogP contribution in [0.1, 0.15) is 70.6 Å². The summed E-state index contributed by atoms with van der Waals surface area (Å²) in [5.74, 6) is 0.0359. The third-order valence-electron chi connectivity index (χ3n) is 7.16. The number of hydrogen-bond acceptors (Lipinski definition) is 5. The quantitative estimate of drug-likeness (QED) is 0.569. The van der Waals surface area contributed by atoms with Gasteiger partial charge in [0.05, 0.1) is 23.4 Å². The standard InChI is InChI=1S/C19H35NO4/c1-20-11-5-4-8-15(20)7-3-2-6-14-9-10-18(23)12-16(21)17(22)13-19(14,18)24/h14-17,21-24H,2-13H2,1H3. The molecule has 1 saturated heterocycles. The van der Waals surface area contributed by atoms with E-state index in [-0.39, 0.29) is 18.8 Å². The predicted molar refractivity (Wildman–Crippen MR) is 92.6 cm³/mol. The number of hydrogen-bond donors (Lipinski definition) is 4. The molecule has 4 N–H and O–H groups in total. The molecule has 24 heavy (non-hydrogen) atoms. The minimum absolute atomic E-state index is 0.0359. The van der Waals surface area contributed by atoms with E-state index in [0.717, 1.165) is 25.7 Å². The Kier molecular flexibility index (Phi) is 5.57. The zero-order chi connectivity index (χ0) is 17.4. The highest BCUT2D eigenvalue weighted by atomic mass is 16.4. The van der Waals surface area contributed by atoms with Crippen molar-refractivity contribution in [3.05, 3.63) is 0 Å². The number of nitrogens with zero attached hydrogens (tertiary/aromatic N) is 1. The van der Waals surface area contributed by atoms with Crippen LogP contribution in [0.4, 0.5) is 0 Å². The van der Waals surface area contributed by atoms with E-state index in [4.69, 9.17) is 0 Å². The second kappa shape index (κ2) is 7.20. The number of aliphatic hydroxyl groups is 4. The first kappa shape index (κ1) is 18.6. The summed E-state index contributed by atoms with van der Waals surface area (Å²) in [7, 11) is 2.22. The van der Waals surface area contributed by atoms with E-state index < -0.39 is 23.4 Å². The first-order chi connectivity index (χ1) is 11.4. The maximum Gasteiger partial charge on any atom is 0.0987 e. The van der Waals surface area contributed by atoms with E-state index in [0.29, 0.717) is 12.5 Å². The molecule has 0 aromatic heterocycles. The van der Waals surface area contributed by atoms with Crippen LogP contribution in [0.2, 0.25) is 0 Å². The summed E-state index contributed by atoms with van der Waals surface area (Å²) in [5.41, 5.74) is -2.45. The fourth-order valence-electron chi connectivity index (χ4n) is 5.48. The van der Waals surface area contributed by atoms with E-state index in [1.54, 1.807) is 0 Å². The normalized spacial score (nSPS) is 46.9. The highest BCUT2D eigenvalue weighted by Gasteiger charge is 2.62. The predicted octanol–water partition coefficient (Wildman–Crippen LogP) is 1.42. The first-order valence-electron chi connectivity index (χ1n) is 9.87. The Bertz CT molecular complexity index is 434. The molecule has 140 valence electrons. The maximum absolute atomic E-state index is 11.1. The average molecular weight is 341 g/mol. The lowest BCUT2D eigenvalue weighted by molar-refractivity contribution is -0.220. The Balaban J connectivity index is 1.49. The van der Waals surface area contributed by atoms with Gasteiger partial charge in [-0.2, -0.15) is 0 Å². The van der Waals surface area contributed by atoms with Gasteiger partial charge in [0.2, 0.25) is 0 Å². The second-order valence-corrected chi connectivity index (χ2v) is 8.65. The third kappa shape index (κ3) is 3.38. The fraction of sp³-hybridized carbons (Fsp3) is 1.00. The number of piperidine rings is 1. The molecule has 1 aliphatic heterocycles. The molecule has 5 nitrogen and oxygen atoms in total. The molecule has 0 radical (unpaired) electrons. The van der Waals surface area contributed by atoms with Crippen molar-refractivity contribution in [3.8, 4) is 0 Å². The molecule has 3 rings (SSSR count). The maximum atomic E-state index is 11.1. The van der Waals surface area contributed by atoms with Crippen LogP contribution in [-0.4, -0.2) is 68.4 Å². The summed E-state index contributed by atoms with van der Waals surface area (Å²) in [6.45, 7) is 1.21. The summed E-state index contributed by atoms with van der Waals surface area (Å²) in [5, 5.41) is 41.7. The van der Waals surface area contributed by atoms with Crippen LogP contribution in [0.15, 0.2) is 0 Å². The molecule has 6 unspecified atom stereocenters. The zero-order valence-corrected chi connectivity index (χ0v) is 15.0. The van der Waals surface area contributed by atoms with Gasteiger partial charge in [0, 0.05) is 18.9 Å². The average Bonchev–Trinajstić information content (AvgIpc) is 2.77. The molecule has 0 aromatic rings. The van der Waals surface area contributed by atoms with Crippen LogP contribution in [0, 0.1) is 5.92 Å². The van der Waals surface area contributed by atoms with Crippen molar-refractivity contribution in [1.29, 1.82) is 0 Å². The number of fused-ring (bicyclic) bond motifs is 1. The molecule has 3 fully saturated rings. The van der Waals surface area contributed by atoms with Gasteiger partial charge in [-0.05, 0) is 58.0 Å². The van der Waals surface area contributed by atoms with Crippen LogP contribution in [0.25, 0.3) is 0 Å². The Morgan fingerprint density at radius 1 is 0.958 bits per heavy atom. The lowest BCUT2D eigenvalue weighted by atomic mass is 9.67. The van der Waals surface area contributed by atoms with Crippen molar-refractivity contribution in [2.75, 3.05) is 13.6 Å². The molecule has 0 bridgehead atoms. The van der Waals surface area contributed by atoms with Crippen LogP contribution in [-0.2, 0) is 0 Å². The van der Waals surface area contributed by atoms with Gasteiger partial charge < -0.3 is 25.3 Å². The van der Waals surface area contributed by atoms with Crippen molar-refractivity contribution in [3.63, 3.8) is 0 Å². The summed E-state index contributed by atoms with van der Waals surface area (Å²) in [6.07, 6.45) is 7.95. The molecule has 5 heteroatoms. The molecular weight excluding hydrogens is 306 g/mol. The lowest BCUT2D eigenvalue weighted by Crippen LogP contribution is -2.62. The van der Waals surface area contributed by atoms with Gasteiger partial charge in [0.15, 0.2) is 0 Å². The summed E-state index contributed by atoms with van der Waals surface area (Å²) in [6, 6.07) is 0.703. The van der Waals surface area contributed by atoms with Crippen molar-refractivity contribution < 1.29 is 20.4 Å². The van der Waals surface area contributed by atoms with E-state index in [9.17, 15) is 20.4 Å². The Morgan fingerprint density at radius 2 is 1.67 bits per heavy atom. The molecule has 3 aliphatic rings. The van der Waals surface area contributed by atoms with E-state index in [1.165, 1.54) is 32.2 Å². The topological polar surface area (TPSA) is 84.2 Å².